The standard InChI is InChI=1S/C17H15N3O6/c1-10(2)19-14-8-3-11(9-15(14)26-17(19)22)18-16(21)25-13-6-4-12(5-7-13)20(23)24/h3-10H,1-2H3,(H,18,21). The topological polar surface area (TPSA) is 117 Å². The van der Waals surface area contributed by atoms with Crippen molar-refractivity contribution in [2.45, 2.75) is 19.9 Å². The first kappa shape index (κ1) is 17.2. The molecule has 26 heavy (non-hydrogen) atoms. The Labute approximate surface area is 146 Å². The lowest BCUT2D eigenvalue weighted by atomic mass is 10.2. The second-order valence-corrected chi connectivity index (χ2v) is 5.78. The first-order chi connectivity index (χ1) is 12.3. The molecule has 0 aliphatic heterocycles. The third-order valence-electron chi connectivity index (χ3n) is 3.63. The van der Waals surface area contributed by atoms with Crippen LogP contribution in [0.15, 0.2) is 51.7 Å². The average Bonchev–Trinajstić information content (AvgIpc) is 2.90. The van der Waals surface area contributed by atoms with E-state index in [1.807, 2.05) is 13.8 Å². The van der Waals surface area contributed by atoms with Crippen molar-refractivity contribution in [1.82, 2.24) is 4.57 Å². The molecule has 0 aliphatic carbocycles. The number of non-ortho nitro benzene ring substituents is 1. The summed E-state index contributed by atoms with van der Waals surface area (Å²) in [5.41, 5.74) is 1.25. The Kier molecular flexibility index (Phi) is 4.44. The van der Waals surface area contributed by atoms with Crippen LogP contribution in [0.5, 0.6) is 5.75 Å². The van der Waals surface area contributed by atoms with Gasteiger partial charge in [0, 0.05) is 29.9 Å². The first-order valence-corrected chi connectivity index (χ1v) is 7.73. The lowest BCUT2D eigenvalue weighted by Crippen LogP contribution is -2.17. The molecule has 9 heteroatoms. The van der Waals surface area contributed by atoms with Crippen molar-refractivity contribution in [2.75, 3.05) is 5.32 Å². The van der Waals surface area contributed by atoms with E-state index in [9.17, 15) is 19.7 Å². The van der Waals surface area contributed by atoms with E-state index in [0.717, 1.165) is 0 Å². The summed E-state index contributed by atoms with van der Waals surface area (Å²) < 4.78 is 11.8. The van der Waals surface area contributed by atoms with Gasteiger partial charge in [-0.1, -0.05) is 0 Å². The summed E-state index contributed by atoms with van der Waals surface area (Å²) in [4.78, 5) is 33.9. The maximum Gasteiger partial charge on any atom is 0.420 e. The highest BCUT2D eigenvalue weighted by molar-refractivity contribution is 5.89. The molecular weight excluding hydrogens is 342 g/mol. The van der Waals surface area contributed by atoms with Gasteiger partial charge in [-0.15, -0.1) is 0 Å². The molecule has 0 bridgehead atoms. The first-order valence-electron chi connectivity index (χ1n) is 7.73. The summed E-state index contributed by atoms with van der Waals surface area (Å²) in [6.07, 6.45) is -0.774. The number of nitro benzene ring substituents is 1. The number of oxazole rings is 1. The Morgan fingerprint density at radius 2 is 1.92 bits per heavy atom. The number of anilines is 1. The SMILES string of the molecule is CC(C)n1c(=O)oc2cc(NC(=O)Oc3ccc([N+](=O)[O-])cc3)ccc21. The molecule has 0 unspecified atom stereocenters. The van der Waals surface area contributed by atoms with Crippen LogP contribution in [0.4, 0.5) is 16.2 Å². The van der Waals surface area contributed by atoms with Gasteiger partial charge in [0.1, 0.15) is 5.75 Å². The van der Waals surface area contributed by atoms with Crippen LogP contribution in [0.1, 0.15) is 19.9 Å². The Bertz CT molecular complexity index is 1030. The Morgan fingerprint density at radius 1 is 1.23 bits per heavy atom. The number of aromatic nitrogens is 1. The van der Waals surface area contributed by atoms with E-state index in [4.69, 9.17) is 9.15 Å². The normalized spacial score (nSPS) is 10.9. The number of carbonyl (C=O) groups excluding carboxylic acids is 1. The fourth-order valence-corrected chi connectivity index (χ4v) is 2.49. The summed E-state index contributed by atoms with van der Waals surface area (Å²) >= 11 is 0. The van der Waals surface area contributed by atoms with Crippen molar-refractivity contribution in [3.8, 4) is 5.75 Å². The highest BCUT2D eigenvalue weighted by atomic mass is 16.6. The Morgan fingerprint density at radius 3 is 2.54 bits per heavy atom. The van der Waals surface area contributed by atoms with Gasteiger partial charge < -0.3 is 9.15 Å². The lowest BCUT2D eigenvalue weighted by molar-refractivity contribution is -0.384. The van der Waals surface area contributed by atoms with Crippen LogP contribution in [0.25, 0.3) is 11.1 Å². The molecule has 0 fully saturated rings. The summed E-state index contributed by atoms with van der Waals surface area (Å²) in [7, 11) is 0. The number of benzene rings is 2. The highest BCUT2D eigenvalue weighted by Crippen LogP contribution is 2.22. The van der Waals surface area contributed by atoms with E-state index in [1.54, 1.807) is 12.1 Å². The van der Waals surface area contributed by atoms with E-state index in [-0.39, 0.29) is 17.5 Å². The number of amides is 1. The monoisotopic (exact) mass is 357 g/mol. The molecule has 9 nitrogen and oxygen atoms in total. The zero-order valence-corrected chi connectivity index (χ0v) is 14.0. The predicted molar refractivity (Wildman–Crippen MR) is 93.6 cm³/mol. The molecule has 3 rings (SSSR count). The van der Waals surface area contributed by atoms with Crippen LogP contribution >= 0.6 is 0 Å². The van der Waals surface area contributed by atoms with E-state index in [2.05, 4.69) is 5.32 Å². The number of rotatable bonds is 4. The fraction of sp³-hybridized carbons (Fsp3) is 0.176. The quantitative estimate of drug-likeness (QED) is 0.562. The molecule has 0 aliphatic rings. The van der Waals surface area contributed by atoms with Gasteiger partial charge in [-0.3, -0.25) is 20.0 Å². The van der Waals surface area contributed by atoms with Crippen LogP contribution in [0.3, 0.4) is 0 Å². The molecule has 0 atom stereocenters. The highest BCUT2D eigenvalue weighted by Gasteiger charge is 2.14. The van der Waals surface area contributed by atoms with Gasteiger partial charge in [0.15, 0.2) is 5.58 Å². The number of carbonyl (C=O) groups is 1. The Hall–Kier alpha value is -3.62. The van der Waals surface area contributed by atoms with E-state index in [1.165, 1.54) is 34.9 Å². The maximum absolute atomic E-state index is 12.0. The number of ether oxygens (including phenoxy) is 1. The van der Waals surface area contributed by atoms with Gasteiger partial charge in [-0.25, -0.2) is 9.59 Å². The smallest absolute Gasteiger partial charge is 0.410 e. The minimum Gasteiger partial charge on any atom is -0.410 e. The minimum absolute atomic E-state index is 0.0605. The molecule has 1 heterocycles. The number of nitro groups is 1. The summed E-state index contributed by atoms with van der Waals surface area (Å²) in [6.45, 7) is 3.73. The van der Waals surface area contributed by atoms with Gasteiger partial charge in [-0.2, -0.15) is 0 Å². The number of hydrogen-bond acceptors (Lipinski definition) is 6. The zero-order chi connectivity index (χ0) is 18.8. The van der Waals surface area contributed by atoms with Gasteiger partial charge >= 0.3 is 11.8 Å². The average molecular weight is 357 g/mol. The lowest BCUT2D eigenvalue weighted by Gasteiger charge is -2.07. The molecule has 3 aromatic rings. The van der Waals surface area contributed by atoms with Crippen LogP contribution in [0.2, 0.25) is 0 Å². The molecule has 134 valence electrons. The van der Waals surface area contributed by atoms with Gasteiger partial charge in [-0.05, 0) is 38.1 Å². The second-order valence-electron chi connectivity index (χ2n) is 5.78. The molecule has 1 N–H and O–H groups in total. The predicted octanol–water partition coefficient (Wildman–Crippen LogP) is 3.69. The number of hydrogen-bond donors (Lipinski definition) is 1. The van der Waals surface area contributed by atoms with E-state index >= 15 is 0 Å². The molecule has 0 radical (unpaired) electrons. The fourth-order valence-electron chi connectivity index (χ4n) is 2.49. The number of nitrogens with zero attached hydrogens (tertiary/aromatic N) is 2. The second kappa shape index (κ2) is 6.71. The van der Waals surface area contributed by atoms with Crippen molar-refractivity contribution in [3.63, 3.8) is 0 Å². The molecule has 1 aromatic heterocycles. The molecule has 0 saturated carbocycles. The summed E-state index contributed by atoms with van der Waals surface area (Å²) in [6, 6.07) is 9.86. The van der Waals surface area contributed by atoms with Crippen molar-refractivity contribution in [1.29, 1.82) is 0 Å². The molecule has 0 saturated heterocycles. The minimum atomic E-state index is -0.774. The number of nitrogens with one attached hydrogen (secondary N) is 1. The van der Waals surface area contributed by atoms with Crippen LogP contribution < -0.4 is 15.8 Å². The maximum atomic E-state index is 12.0. The third kappa shape index (κ3) is 3.41. The number of fused-ring (bicyclic) bond motifs is 1. The van der Waals surface area contributed by atoms with E-state index < -0.39 is 16.8 Å². The van der Waals surface area contributed by atoms with Crippen molar-refractivity contribution >= 4 is 28.6 Å². The molecular formula is C17H15N3O6. The van der Waals surface area contributed by atoms with Crippen molar-refractivity contribution < 1.29 is 18.9 Å². The van der Waals surface area contributed by atoms with Crippen molar-refractivity contribution in [3.05, 3.63) is 63.1 Å². The van der Waals surface area contributed by atoms with Gasteiger partial charge in [0.2, 0.25) is 0 Å². The largest absolute Gasteiger partial charge is 0.420 e. The summed E-state index contributed by atoms with van der Waals surface area (Å²) in [5, 5.41) is 13.1. The van der Waals surface area contributed by atoms with Crippen LogP contribution in [-0.4, -0.2) is 15.6 Å². The molecule has 2 aromatic carbocycles. The van der Waals surface area contributed by atoms with Crippen molar-refractivity contribution in [2.24, 2.45) is 0 Å². The zero-order valence-electron chi connectivity index (χ0n) is 14.0. The molecule has 0 spiro atoms. The van der Waals surface area contributed by atoms with Crippen LogP contribution in [0, 0.1) is 10.1 Å². The van der Waals surface area contributed by atoms with Gasteiger partial charge in [0.05, 0.1) is 10.4 Å². The molecule has 1 amide bonds. The van der Waals surface area contributed by atoms with E-state index in [0.29, 0.717) is 16.8 Å². The third-order valence-corrected chi connectivity index (χ3v) is 3.63. The summed E-state index contributed by atoms with van der Waals surface area (Å²) in [5.74, 6) is -0.313. The van der Waals surface area contributed by atoms with Crippen LogP contribution in [-0.2, 0) is 0 Å². The Balaban J connectivity index is 1.75. The van der Waals surface area contributed by atoms with Gasteiger partial charge in [0.25, 0.3) is 5.69 Å².